The molecule has 0 aromatic heterocycles. The van der Waals surface area contributed by atoms with Gasteiger partial charge in [0.15, 0.2) is 0 Å². The molecule has 2 aromatic rings. The molecule has 2 aromatic carbocycles. The summed E-state index contributed by atoms with van der Waals surface area (Å²) in [6.07, 6.45) is 0. The zero-order valence-electron chi connectivity index (χ0n) is 10.9. The summed E-state index contributed by atoms with van der Waals surface area (Å²) in [5, 5.41) is 0.547. The van der Waals surface area contributed by atoms with Crippen molar-refractivity contribution >= 4 is 11.6 Å². The molecular formula is C15H16ClNO2. The molecule has 0 aliphatic carbocycles. The van der Waals surface area contributed by atoms with E-state index in [0.717, 1.165) is 11.3 Å². The van der Waals surface area contributed by atoms with Crippen LogP contribution in [0.1, 0.15) is 18.5 Å². The van der Waals surface area contributed by atoms with E-state index in [0.29, 0.717) is 16.5 Å². The normalized spacial score (nSPS) is 12.0. The van der Waals surface area contributed by atoms with Crippen molar-refractivity contribution in [3.63, 3.8) is 0 Å². The summed E-state index contributed by atoms with van der Waals surface area (Å²) in [6.45, 7) is 1.91. The van der Waals surface area contributed by atoms with Crippen LogP contribution in [0.3, 0.4) is 0 Å². The number of hydrogen-bond acceptors (Lipinski definition) is 3. The average Bonchev–Trinajstić information content (AvgIpc) is 2.41. The molecule has 4 heteroatoms. The number of hydrogen-bond donors (Lipinski definition) is 1. The first-order valence-electron chi connectivity index (χ1n) is 5.97. The van der Waals surface area contributed by atoms with Crippen LogP contribution in [-0.2, 0) is 0 Å². The maximum atomic E-state index is 6.18. The van der Waals surface area contributed by atoms with Gasteiger partial charge < -0.3 is 15.2 Å². The van der Waals surface area contributed by atoms with E-state index in [1.807, 2.05) is 49.4 Å². The van der Waals surface area contributed by atoms with Gasteiger partial charge in [-0.05, 0) is 48.9 Å². The molecule has 2 N–H and O–H groups in total. The van der Waals surface area contributed by atoms with Crippen LogP contribution >= 0.6 is 11.6 Å². The Morgan fingerprint density at radius 2 is 1.68 bits per heavy atom. The van der Waals surface area contributed by atoms with Crippen LogP contribution < -0.4 is 15.2 Å². The lowest BCUT2D eigenvalue weighted by molar-refractivity contribution is 0.413. The third-order valence-electron chi connectivity index (χ3n) is 2.77. The van der Waals surface area contributed by atoms with Crippen molar-refractivity contribution in [2.45, 2.75) is 13.0 Å². The lowest BCUT2D eigenvalue weighted by Crippen LogP contribution is -2.04. The van der Waals surface area contributed by atoms with Crippen molar-refractivity contribution < 1.29 is 9.47 Å². The second kappa shape index (κ2) is 5.95. The maximum absolute atomic E-state index is 6.18. The first kappa shape index (κ1) is 13.7. The molecule has 0 heterocycles. The second-order valence-corrected chi connectivity index (χ2v) is 4.66. The SMILES string of the molecule is COc1ccc(Oc2ccc(C(C)N)cc2Cl)cc1. The van der Waals surface area contributed by atoms with E-state index in [2.05, 4.69) is 0 Å². The Morgan fingerprint density at radius 1 is 1.05 bits per heavy atom. The highest BCUT2D eigenvalue weighted by atomic mass is 35.5. The standard InChI is InChI=1S/C15H16ClNO2/c1-10(17)11-3-8-15(14(16)9-11)19-13-6-4-12(18-2)5-7-13/h3-10H,17H2,1-2H3. The highest BCUT2D eigenvalue weighted by Gasteiger charge is 2.07. The van der Waals surface area contributed by atoms with E-state index >= 15 is 0 Å². The summed E-state index contributed by atoms with van der Waals surface area (Å²) in [6, 6.07) is 12.8. The summed E-state index contributed by atoms with van der Waals surface area (Å²) >= 11 is 6.18. The number of benzene rings is 2. The van der Waals surface area contributed by atoms with Gasteiger partial charge in [0.2, 0.25) is 0 Å². The van der Waals surface area contributed by atoms with Crippen LogP contribution in [0.25, 0.3) is 0 Å². The van der Waals surface area contributed by atoms with Crippen LogP contribution in [0.2, 0.25) is 5.02 Å². The Morgan fingerprint density at radius 3 is 2.21 bits per heavy atom. The van der Waals surface area contributed by atoms with Gasteiger partial charge in [-0.3, -0.25) is 0 Å². The molecule has 100 valence electrons. The number of nitrogens with two attached hydrogens (primary N) is 1. The van der Waals surface area contributed by atoms with Crippen molar-refractivity contribution in [3.8, 4) is 17.2 Å². The Balaban J connectivity index is 2.18. The third-order valence-corrected chi connectivity index (χ3v) is 3.06. The highest BCUT2D eigenvalue weighted by molar-refractivity contribution is 6.32. The highest BCUT2D eigenvalue weighted by Crippen LogP contribution is 2.31. The molecule has 19 heavy (non-hydrogen) atoms. The number of methoxy groups -OCH3 is 1. The first-order chi connectivity index (χ1) is 9.10. The lowest BCUT2D eigenvalue weighted by atomic mass is 10.1. The quantitative estimate of drug-likeness (QED) is 0.912. The molecule has 3 nitrogen and oxygen atoms in total. The van der Waals surface area contributed by atoms with Crippen LogP contribution in [0.4, 0.5) is 0 Å². The fourth-order valence-corrected chi connectivity index (χ4v) is 1.88. The van der Waals surface area contributed by atoms with Crippen LogP contribution in [0, 0.1) is 0 Å². The van der Waals surface area contributed by atoms with Gasteiger partial charge in [0.25, 0.3) is 0 Å². The third kappa shape index (κ3) is 3.40. The molecule has 0 radical (unpaired) electrons. The fraction of sp³-hybridized carbons (Fsp3) is 0.200. The molecule has 1 unspecified atom stereocenters. The predicted octanol–water partition coefficient (Wildman–Crippen LogP) is 4.16. The molecule has 0 saturated heterocycles. The summed E-state index contributed by atoms with van der Waals surface area (Å²) in [5.41, 5.74) is 6.78. The molecule has 0 aliphatic heterocycles. The minimum Gasteiger partial charge on any atom is -0.497 e. The molecule has 2 rings (SSSR count). The Hall–Kier alpha value is -1.71. The monoisotopic (exact) mass is 277 g/mol. The van der Waals surface area contributed by atoms with E-state index in [9.17, 15) is 0 Å². The minimum atomic E-state index is -0.0486. The summed E-state index contributed by atoms with van der Waals surface area (Å²) in [4.78, 5) is 0. The Bertz CT molecular complexity index is 553. The smallest absolute Gasteiger partial charge is 0.146 e. The van der Waals surface area contributed by atoms with Crippen molar-refractivity contribution in [1.29, 1.82) is 0 Å². The van der Waals surface area contributed by atoms with Crippen LogP contribution in [-0.4, -0.2) is 7.11 Å². The minimum absolute atomic E-state index is 0.0486. The van der Waals surface area contributed by atoms with Gasteiger partial charge in [0.05, 0.1) is 12.1 Å². The van der Waals surface area contributed by atoms with E-state index in [-0.39, 0.29) is 6.04 Å². The maximum Gasteiger partial charge on any atom is 0.146 e. The van der Waals surface area contributed by atoms with Crippen LogP contribution in [0.15, 0.2) is 42.5 Å². The van der Waals surface area contributed by atoms with Gasteiger partial charge in [0, 0.05) is 6.04 Å². The van der Waals surface area contributed by atoms with Gasteiger partial charge >= 0.3 is 0 Å². The zero-order valence-corrected chi connectivity index (χ0v) is 11.6. The topological polar surface area (TPSA) is 44.5 Å². The van der Waals surface area contributed by atoms with Gasteiger partial charge in [0.1, 0.15) is 17.2 Å². The Labute approximate surface area is 117 Å². The van der Waals surface area contributed by atoms with Gasteiger partial charge in [-0.1, -0.05) is 17.7 Å². The van der Waals surface area contributed by atoms with Crippen molar-refractivity contribution in [1.82, 2.24) is 0 Å². The van der Waals surface area contributed by atoms with Crippen LogP contribution in [0.5, 0.6) is 17.2 Å². The molecule has 0 saturated carbocycles. The molecule has 0 amide bonds. The number of rotatable bonds is 4. The average molecular weight is 278 g/mol. The molecule has 0 fully saturated rings. The largest absolute Gasteiger partial charge is 0.497 e. The fourth-order valence-electron chi connectivity index (χ4n) is 1.65. The number of halogens is 1. The van der Waals surface area contributed by atoms with E-state index in [1.165, 1.54) is 0 Å². The summed E-state index contributed by atoms with van der Waals surface area (Å²) in [5.74, 6) is 2.10. The summed E-state index contributed by atoms with van der Waals surface area (Å²) < 4.78 is 10.8. The molecule has 0 spiro atoms. The predicted molar refractivity (Wildman–Crippen MR) is 77.1 cm³/mol. The lowest BCUT2D eigenvalue weighted by Gasteiger charge is -2.11. The molecule has 1 atom stereocenters. The van der Waals surface area contributed by atoms with E-state index in [1.54, 1.807) is 7.11 Å². The molecule has 0 aliphatic rings. The Kier molecular flexibility index (Phi) is 4.30. The van der Waals surface area contributed by atoms with Gasteiger partial charge in [-0.25, -0.2) is 0 Å². The van der Waals surface area contributed by atoms with Crippen molar-refractivity contribution in [2.75, 3.05) is 7.11 Å². The van der Waals surface area contributed by atoms with E-state index in [4.69, 9.17) is 26.8 Å². The van der Waals surface area contributed by atoms with Crippen molar-refractivity contribution in [2.24, 2.45) is 5.73 Å². The molecular weight excluding hydrogens is 262 g/mol. The first-order valence-corrected chi connectivity index (χ1v) is 6.35. The van der Waals surface area contributed by atoms with Gasteiger partial charge in [-0.15, -0.1) is 0 Å². The second-order valence-electron chi connectivity index (χ2n) is 4.26. The molecule has 0 bridgehead atoms. The summed E-state index contributed by atoms with van der Waals surface area (Å²) in [7, 11) is 1.62. The van der Waals surface area contributed by atoms with Gasteiger partial charge in [-0.2, -0.15) is 0 Å². The number of ether oxygens (including phenoxy) is 2. The van der Waals surface area contributed by atoms with E-state index < -0.39 is 0 Å². The van der Waals surface area contributed by atoms with Crippen molar-refractivity contribution in [3.05, 3.63) is 53.1 Å². The zero-order chi connectivity index (χ0) is 13.8.